The molecule has 12 heteroatoms. The van der Waals surface area contributed by atoms with E-state index in [1.807, 2.05) is 20.8 Å². The van der Waals surface area contributed by atoms with Crippen LogP contribution in [0.3, 0.4) is 0 Å². The molecule has 0 unspecified atom stereocenters. The minimum absolute atomic E-state index is 0.0196. The van der Waals surface area contributed by atoms with Crippen molar-refractivity contribution in [2.45, 2.75) is 58.1 Å². The van der Waals surface area contributed by atoms with Crippen LogP contribution in [0.2, 0.25) is 0 Å². The van der Waals surface area contributed by atoms with Crippen molar-refractivity contribution in [2.24, 2.45) is 5.92 Å². The SMILES string of the molecule is CC(C)(C)OC(=O)NC[C@H]1CC[C@H](Nc2nc(-c3cnc4ccc(F)cn34)ncc2[N+](=O)[O-])CC1. The highest BCUT2D eigenvalue weighted by Crippen LogP contribution is 2.30. The fraction of sp³-hybridized carbons (Fsp3) is 0.478. The lowest BCUT2D eigenvalue weighted by Gasteiger charge is -2.29. The van der Waals surface area contributed by atoms with E-state index in [1.165, 1.54) is 28.9 Å². The minimum Gasteiger partial charge on any atom is -0.444 e. The summed E-state index contributed by atoms with van der Waals surface area (Å²) in [6, 6.07) is 2.81. The number of ether oxygens (including phenoxy) is 1. The molecule has 0 aliphatic heterocycles. The number of pyridine rings is 1. The number of imidazole rings is 1. The number of hydrogen-bond acceptors (Lipinski definition) is 8. The number of anilines is 1. The normalized spacial score (nSPS) is 18.3. The summed E-state index contributed by atoms with van der Waals surface area (Å²) in [6.07, 6.45) is 6.69. The summed E-state index contributed by atoms with van der Waals surface area (Å²) in [5.74, 6) is 0.160. The van der Waals surface area contributed by atoms with E-state index >= 15 is 0 Å². The summed E-state index contributed by atoms with van der Waals surface area (Å²) < 4.78 is 20.5. The van der Waals surface area contributed by atoms with Crippen LogP contribution in [0.5, 0.6) is 0 Å². The van der Waals surface area contributed by atoms with Crippen molar-refractivity contribution in [1.82, 2.24) is 24.7 Å². The number of hydrogen-bond donors (Lipinski definition) is 2. The first-order valence-electron chi connectivity index (χ1n) is 11.5. The van der Waals surface area contributed by atoms with Gasteiger partial charge in [-0.15, -0.1) is 0 Å². The standard InChI is InChI=1S/C23H28FN7O4/c1-23(2,3)35-22(32)27-10-14-4-7-16(8-5-14)28-21-18(31(33)34)12-26-20(29-21)17-11-25-19-9-6-15(24)13-30(17)19/h6,9,11-14,16H,4-5,7-8,10H2,1-3H3,(H,27,32)(H,26,28,29)/t14-,16-. The van der Waals surface area contributed by atoms with Gasteiger partial charge in [0.15, 0.2) is 5.82 Å². The molecule has 0 aromatic carbocycles. The van der Waals surface area contributed by atoms with Gasteiger partial charge in [-0.25, -0.2) is 24.1 Å². The van der Waals surface area contributed by atoms with Crippen LogP contribution in [-0.4, -0.2) is 48.6 Å². The summed E-state index contributed by atoms with van der Waals surface area (Å²) in [6.45, 7) is 5.96. The molecule has 3 heterocycles. The van der Waals surface area contributed by atoms with E-state index in [0.29, 0.717) is 23.8 Å². The summed E-state index contributed by atoms with van der Waals surface area (Å²) in [5.41, 5.74) is 0.154. The van der Waals surface area contributed by atoms with Crippen molar-refractivity contribution in [2.75, 3.05) is 11.9 Å². The lowest BCUT2D eigenvalue weighted by molar-refractivity contribution is -0.384. The Labute approximate surface area is 201 Å². The second-order valence-corrected chi connectivity index (χ2v) is 9.65. The van der Waals surface area contributed by atoms with Crippen molar-refractivity contribution >= 4 is 23.2 Å². The zero-order valence-electron chi connectivity index (χ0n) is 19.8. The van der Waals surface area contributed by atoms with Crippen LogP contribution in [0, 0.1) is 21.8 Å². The third-order valence-electron chi connectivity index (χ3n) is 5.79. The zero-order chi connectivity index (χ0) is 25.2. The average Bonchev–Trinajstić information content (AvgIpc) is 3.20. The van der Waals surface area contributed by atoms with E-state index in [1.54, 1.807) is 0 Å². The summed E-state index contributed by atoms with van der Waals surface area (Å²) in [7, 11) is 0. The van der Waals surface area contributed by atoms with Crippen molar-refractivity contribution in [3.05, 3.63) is 46.7 Å². The van der Waals surface area contributed by atoms with Crippen molar-refractivity contribution in [1.29, 1.82) is 0 Å². The molecule has 0 bridgehead atoms. The van der Waals surface area contributed by atoms with Gasteiger partial charge >= 0.3 is 11.8 Å². The molecule has 1 amide bonds. The van der Waals surface area contributed by atoms with Crippen molar-refractivity contribution in [3.63, 3.8) is 0 Å². The van der Waals surface area contributed by atoms with E-state index in [0.717, 1.165) is 31.9 Å². The smallest absolute Gasteiger partial charge is 0.407 e. The Morgan fingerprint density at radius 1 is 1.23 bits per heavy atom. The van der Waals surface area contributed by atoms with Crippen LogP contribution in [0.15, 0.2) is 30.7 Å². The minimum atomic E-state index is -0.547. The van der Waals surface area contributed by atoms with E-state index in [-0.39, 0.29) is 23.4 Å². The maximum atomic E-state index is 13.8. The fourth-order valence-electron chi connectivity index (χ4n) is 4.10. The van der Waals surface area contributed by atoms with Gasteiger partial charge in [0.1, 0.15) is 29.0 Å². The number of alkyl carbamates (subject to hydrolysis) is 1. The molecule has 1 aliphatic carbocycles. The van der Waals surface area contributed by atoms with Gasteiger partial charge in [0, 0.05) is 18.8 Å². The molecule has 3 aromatic rings. The highest BCUT2D eigenvalue weighted by atomic mass is 19.1. The Kier molecular flexibility index (Phi) is 6.81. The molecular formula is C23H28FN7O4. The highest BCUT2D eigenvalue weighted by molar-refractivity contribution is 5.67. The summed E-state index contributed by atoms with van der Waals surface area (Å²) >= 11 is 0. The Bertz CT molecular complexity index is 1230. The van der Waals surface area contributed by atoms with E-state index < -0.39 is 22.4 Å². The maximum absolute atomic E-state index is 13.8. The van der Waals surface area contributed by atoms with Crippen LogP contribution >= 0.6 is 0 Å². The number of aromatic nitrogens is 4. The number of nitrogens with zero attached hydrogens (tertiary/aromatic N) is 5. The van der Waals surface area contributed by atoms with Gasteiger partial charge in [-0.05, 0) is 64.5 Å². The largest absolute Gasteiger partial charge is 0.444 e. The van der Waals surface area contributed by atoms with Crippen LogP contribution in [-0.2, 0) is 4.74 Å². The molecule has 3 aromatic heterocycles. The number of nitrogens with one attached hydrogen (secondary N) is 2. The summed E-state index contributed by atoms with van der Waals surface area (Å²) in [5, 5.41) is 17.6. The second-order valence-electron chi connectivity index (χ2n) is 9.65. The number of amides is 1. The Balaban J connectivity index is 1.43. The van der Waals surface area contributed by atoms with E-state index in [4.69, 9.17) is 4.74 Å². The first kappa shape index (κ1) is 24.3. The first-order chi connectivity index (χ1) is 16.6. The van der Waals surface area contributed by atoms with Crippen LogP contribution in [0.25, 0.3) is 17.2 Å². The van der Waals surface area contributed by atoms with Gasteiger partial charge in [-0.1, -0.05) is 0 Å². The molecule has 0 spiro atoms. The molecule has 4 rings (SSSR count). The van der Waals surface area contributed by atoms with E-state index in [9.17, 15) is 19.3 Å². The molecule has 0 radical (unpaired) electrons. The lowest BCUT2D eigenvalue weighted by atomic mass is 9.86. The van der Waals surface area contributed by atoms with Gasteiger partial charge in [0.05, 0.1) is 11.1 Å². The lowest BCUT2D eigenvalue weighted by Crippen LogP contribution is -2.37. The van der Waals surface area contributed by atoms with Gasteiger partial charge in [-0.2, -0.15) is 0 Å². The van der Waals surface area contributed by atoms with E-state index in [2.05, 4.69) is 25.6 Å². The summed E-state index contributed by atoms with van der Waals surface area (Å²) in [4.78, 5) is 35.7. The monoisotopic (exact) mass is 485 g/mol. The second kappa shape index (κ2) is 9.80. The van der Waals surface area contributed by atoms with Gasteiger partial charge < -0.3 is 15.4 Å². The number of halogens is 1. The van der Waals surface area contributed by atoms with Crippen LogP contribution in [0.4, 0.5) is 20.7 Å². The van der Waals surface area contributed by atoms with Crippen LogP contribution in [0.1, 0.15) is 46.5 Å². The molecule has 1 aliphatic rings. The van der Waals surface area contributed by atoms with Gasteiger partial charge in [0.25, 0.3) is 0 Å². The highest BCUT2D eigenvalue weighted by Gasteiger charge is 2.26. The molecule has 35 heavy (non-hydrogen) atoms. The molecule has 1 saturated carbocycles. The van der Waals surface area contributed by atoms with Crippen molar-refractivity contribution in [3.8, 4) is 11.5 Å². The third-order valence-corrected chi connectivity index (χ3v) is 5.79. The number of carbonyl (C=O) groups is 1. The zero-order valence-corrected chi connectivity index (χ0v) is 19.8. The number of nitro groups is 1. The third kappa shape index (κ3) is 6.00. The molecule has 2 N–H and O–H groups in total. The number of fused-ring (bicyclic) bond motifs is 1. The average molecular weight is 486 g/mol. The Hall–Kier alpha value is -3.83. The molecule has 0 saturated heterocycles. The van der Waals surface area contributed by atoms with Gasteiger partial charge in [0.2, 0.25) is 5.82 Å². The molecule has 1 fully saturated rings. The fourth-order valence-corrected chi connectivity index (χ4v) is 4.10. The molecular weight excluding hydrogens is 457 g/mol. The Morgan fingerprint density at radius 2 is 1.97 bits per heavy atom. The topological polar surface area (TPSA) is 137 Å². The number of rotatable bonds is 6. The maximum Gasteiger partial charge on any atom is 0.407 e. The van der Waals surface area contributed by atoms with Gasteiger partial charge in [-0.3, -0.25) is 14.5 Å². The molecule has 11 nitrogen and oxygen atoms in total. The quantitative estimate of drug-likeness (QED) is 0.389. The van der Waals surface area contributed by atoms with Crippen molar-refractivity contribution < 1.29 is 18.8 Å². The molecule has 0 atom stereocenters. The van der Waals surface area contributed by atoms with Crippen LogP contribution < -0.4 is 10.6 Å². The predicted molar refractivity (Wildman–Crippen MR) is 126 cm³/mol. The first-order valence-corrected chi connectivity index (χ1v) is 11.5. The number of carbonyl (C=O) groups excluding carboxylic acids is 1. The predicted octanol–water partition coefficient (Wildman–Crippen LogP) is 4.33. The molecule has 186 valence electrons. The Morgan fingerprint density at radius 3 is 2.66 bits per heavy atom.